The Labute approximate surface area is 167 Å². The van der Waals surface area contributed by atoms with Gasteiger partial charge in [0.05, 0.1) is 11.1 Å². The lowest BCUT2D eigenvalue weighted by Crippen LogP contribution is -2.40. The second-order valence-electron chi connectivity index (χ2n) is 8.13. The Morgan fingerprint density at radius 3 is 2.62 bits per heavy atom. The molecular formula is C21H24N6O2. The molecule has 2 aliphatic rings. The van der Waals surface area contributed by atoms with Gasteiger partial charge in [0.25, 0.3) is 11.1 Å². The van der Waals surface area contributed by atoms with E-state index < -0.39 is 0 Å². The van der Waals surface area contributed by atoms with Gasteiger partial charge in [-0.2, -0.15) is 10.1 Å². The molecule has 0 unspecified atom stereocenters. The van der Waals surface area contributed by atoms with Gasteiger partial charge in [0.15, 0.2) is 5.65 Å². The number of rotatable bonds is 4. The van der Waals surface area contributed by atoms with E-state index in [1.165, 1.54) is 12.8 Å². The Kier molecular flexibility index (Phi) is 4.41. The van der Waals surface area contributed by atoms with Gasteiger partial charge in [-0.15, -0.1) is 0 Å². The van der Waals surface area contributed by atoms with Crippen LogP contribution in [0.4, 0.5) is 5.95 Å². The molecule has 0 radical (unpaired) electrons. The molecule has 3 aromatic heterocycles. The molecular weight excluding hydrogens is 368 g/mol. The first kappa shape index (κ1) is 18.0. The maximum atomic E-state index is 12.6. The average molecular weight is 392 g/mol. The molecule has 1 saturated heterocycles. The lowest BCUT2D eigenvalue weighted by molar-refractivity contribution is 0.331. The van der Waals surface area contributed by atoms with E-state index in [2.05, 4.69) is 20.0 Å². The van der Waals surface area contributed by atoms with Crippen LogP contribution in [0.1, 0.15) is 37.3 Å². The number of nitrogens with zero attached hydrogens (tertiary/aromatic N) is 6. The molecule has 0 atom stereocenters. The summed E-state index contributed by atoms with van der Waals surface area (Å²) in [4.78, 5) is 35.9. The predicted octanol–water partition coefficient (Wildman–Crippen LogP) is 1.68. The van der Waals surface area contributed by atoms with E-state index in [9.17, 15) is 9.59 Å². The van der Waals surface area contributed by atoms with Gasteiger partial charge in [-0.25, -0.2) is 9.67 Å². The van der Waals surface area contributed by atoms with E-state index >= 15 is 0 Å². The van der Waals surface area contributed by atoms with Crippen molar-refractivity contribution >= 4 is 17.0 Å². The first-order chi connectivity index (χ1) is 14.1. The van der Waals surface area contributed by atoms with Crippen molar-refractivity contribution < 1.29 is 0 Å². The second-order valence-corrected chi connectivity index (χ2v) is 8.13. The standard InChI is InChI=1S/C21H24N6O2/c1-25-20(29)16-3-2-10-22-19(16)23-21(25)26-11-8-14(9-12-26)13-27-18(28)7-6-17(24-27)15-4-5-15/h2-3,6-7,10,14-15H,4-5,8-9,11-13H2,1H3. The summed E-state index contributed by atoms with van der Waals surface area (Å²) in [6.45, 7) is 2.24. The maximum Gasteiger partial charge on any atom is 0.266 e. The first-order valence-electron chi connectivity index (χ1n) is 10.2. The average Bonchev–Trinajstić information content (AvgIpc) is 3.58. The van der Waals surface area contributed by atoms with Crippen LogP contribution in [0.25, 0.3) is 11.0 Å². The quantitative estimate of drug-likeness (QED) is 0.672. The summed E-state index contributed by atoms with van der Waals surface area (Å²) in [6.07, 6.45) is 5.87. The lowest BCUT2D eigenvalue weighted by atomic mass is 9.97. The van der Waals surface area contributed by atoms with Crippen LogP contribution in [-0.4, -0.2) is 37.4 Å². The fourth-order valence-electron chi connectivity index (χ4n) is 4.13. The van der Waals surface area contributed by atoms with Gasteiger partial charge in [-0.05, 0) is 49.8 Å². The minimum Gasteiger partial charge on any atom is -0.342 e. The molecule has 0 spiro atoms. The molecule has 0 bridgehead atoms. The fourth-order valence-corrected chi connectivity index (χ4v) is 4.13. The van der Waals surface area contributed by atoms with E-state index in [4.69, 9.17) is 0 Å². The van der Waals surface area contributed by atoms with Crippen LogP contribution in [0, 0.1) is 5.92 Å². The number of hydrogen-bond donors (Lipinski definition) is 0. The third-order valence-electron chi connectivity index (χ3n) is 6.04. The number of hydrogen-bond acceptors (Lipinski definition) is 6. The van der Waals surface area contributed by atoms with E-state index in [0.29, 0.717) is 35.4 Å². The molecule has 4 heterocycles. The summed E-state index contributed by atoms with van der Waals surface area (Å²) in [5.41, 5.74) is 1.43. The molecule has 150 valence electrons. The zero-order chi connectivity index (χ0) is 20.0. The monoisotopic (exact) mass is 392 g/mol. The molecule has 1 aliphatic carbocycles. The van der Waals surface area contributed by atoms with Crippen LogP contribution in [0.15, 0.2) is 40.1 Å². The Morgan fingerprint density at radius 1 is 1.07 bits per heavy atom. The summed E-state index contributed by atoms with van der Waals surface area (Å²) in [6, 6.07) is 7.04. The normalized spacial score (nSPS) is 17.8. The highest BCUT2D eigenvalue weighted by atomic mass is 16.1. The number of fused-ring (bicyclic) bond motifs is 1. The zero-order valence-electron chi connectivity index (χ0n) is 16.5. The van der Waals surface area contributed by atoms with Crippen LogP contribution in [0.2, 0.25) is 0 Å². The molecule has 1 aliphatic heterocycles. The van der Waals surface area contributed by atoms with Gasteiger partial charge in [-0.1, -0.05) is 0 Å². The van der Waals surface area contributed by atoms with Crippen LogP contribution in [-0.2, 0) is 13.6 Å². The molecule has 2 fully saturated rings. The van der Waals surface area contributed by atoms with E-state index in [1.807, 2.05) is 6.07 Å². The molecule has 0 aromatic carbocycles. The predicted molar refractivity (Wildman–Crippen MR) is 110 cm³/mol. The third kappa shape index (κ3) is 3.43. The third-order valence-corrected chi connectivity index (χ3v) is 6.04. The van der Waals surface area contributed by atoms with Gasteiger partial charge in [-0.3, -0.25) is 14.2 Å². The van der Waals surface area contributed by atoms with Gasteiger partial charge in [0.2, 0.25) is 5.95 Å². The largest absolute Gasteiger partial charge is 0.342 e. The van der Waals surface area contributed by atoms with Crippen molar-refractivity contribution in [2.75, 3.05) is 18.0 Å². The first-order valence-corrected chi connectivity index (χ1v) is 10.2. The Morgan fingerprint density at radius 2 is 1.86 bits per heavy atom. The van der Waals surface area contributed by atoms with Crippen LogP contribution in [0.3, 0.4) is 0 Å². The number of anilines is 1. The highest BCUT2D eigenvalue weighted by Crippen LogP contribution is 2.38. The van der Waals surface area contributed by atoms with Gasteiger partial charge in [0, 0.05) is 44.9 Å². The molecule has 29 heavy (non-hydrogen) atoms. The van der Waals surface area contributed by atoms with Crippen LogP contribution >= 0.6 is 0 Å². The van der Waals surface area contributed by atoms with Crippen LogP contribution in [0.5, 0.6) is 0 Å². The van der Waals surface area contributed by atoms with Crippen molar-refractivity contribution in [3.63, 3.8) is 0 Å². The van der Waals surface area contributed by atoms with Crippen molar-refractivity contribution in [1.29, 1.82) is 0 Å². The summed E-state index contributed by atoms with van der Waals surface area (Å²) in [7, 11) is 1.76. The molecule has 0 amide bonds. The topological polar surface area (TPSA) is 85.9 Å². The molecule has 5 rings (SSSR count). The fraction of sp³-hybridized carbons (Fsp3) is 0.476. The smallest absolute Gasteiger partial charge is 0.266 e. The molecule has 1 saturated carbocycles. The number of pyridine rings is 1. The number of piperidine rings is 1. The second kappa shape index (κ2) is 7.09. The molecule has 0 N–H and O–H groups in total. The summed E-state index contributed by atoms with van der Waals surface area (Å²) in [5.74, 6) is 1.59. The highest BCUT2D eigenvalue weighted by molar-refractivity contribution is 5.74. The Hall–Kier alpha value is -3.03. The number of aromatic nitrogens is 5. The van der Waals surface area contributed by atoms with Crippen molar-refractivity contribution in [3.8, 4) is 0 Å². The van der Waals surface area contributed by atoms with Crippen molar-refractivity contribution in [3.05, 3.63) is 56.9 Å². The Balaban J connectivity index is 1.32. The molecule has 8 heteroatoms. The Bertz CT molecular complexity index is 1170. The lowest BCUT2D eigenvalue weighted by Gasteiger charge is -2.33. The van der Waals surface area contributed by atoms with Gasteiger partial charge < -0.3 is 4.90 Å². The maximum absolute atomic E-state index is 12.6. The minimum atomic E-state index is -0.0760. The minimum absolute atomic E-state index is 0.0264. The van der Waals surface area contributed by atoms with Crippen molar-refractivity contribution in [1.82, 2.24) is 24.3 Å². The van der Waals surface area contributed by atoms with E-state index in [0.717, 1.165) is 31.6 Å². The van der Waals surface area contributed by atoms with Crippen molar-refractivity contribution in [2.24, 2.45) is 13.0 Å². The van der Waals surface area contributed by atoms with Crippen molar-refractivity contribution in [2.45, 2.75) is 38.1 Å². The molecule has 8 nitrogen and oxygen atoms in total. The van der Waals surface area contributed by atoms with E-state index in [1.54, 1.807) is 40.7 Å². The zero-order valence-corrected chi connectivity index (χ0v) is 16.5. The molecule has 3 aromatic rings. The van der Waals surface area contributed by atoms with E-state index in [-0.39, 0.29) is 11.1 Å². The summed E-state index contributed by atoms with van der Waals surface area (Å²) in [5, 5.41) is 5.13. The SMILES string of the molecule is Cn1c(N2CCC(Cn3nc(C4CC4)ccc3=O)CC2)nc2ncccc2c1=O. The van der Waals surface area contributed by atoms with Gasteiger partial charge in [0.1, 0.15) is 0 Å². The van der Waals surface area contributed by atoms with Crippen LogP contribution < -0.4 is 16.0 Å². The van der Waals surface area contributed by atoms with Gasteiger partial charge >= 0.3 is 0 Å². The highest BCUT2D eigenvalue weighted by Gasteiger charge is 2.27. The summed E-state index contributed by atoms with van der Waals surface area (Å²) < 4.78 is 3.25. The summed E-state index contributed by atoms with van der Waals surface area (Å²) >= 11 is 0.